The van der Waals surface area contributed by atoms with Crippen LogP contribution in [0.5, 0.6) is 17.2 Å². The number of hydrogen-bond acceptors (Lipinski definition) is 4. The third-order valence-electron chi connectivity index (χ3n) is 5.12. The molecule has 0 saturated heterocycles. The van der Waals surface area contributed by atoms with Crippen LogP contribution in [0.2, 0.25) is 0 Å². The quantitative estimate of drug-likeness (QED) is 0.259. The SMILES string of the molecule is CCCCCCCCCCCCc1cc(Oc2ccc([O-])cc2)cc(S(=O)(=O)O)c1.[K+]. The molecule has 31 heavy (non-hydrogen) atoms. The zero-order valence-corrected chi connectivity index (χ0v) is 22.7. The van der Waals surface area contributed by atoms with Crippen molar-refractivity contribution in [3.63, 3.8) is 0 Å². The Morgan fingerprint density at radius 1 is 0.806 bits per heavy atom. The summed E-state index contributed by atoms with van der Waals surface area (Å²) in [4.78, 5) is -0.178. The molecular formula is C24H33KO5S. The molecule has 0 fully saturated rings. The second-order valence-electron chi connectivity index (χ2n) is 7.79. The Balaban J connectivity index is 0.00000480. The summed E-state index contributed by atoms with van der Waals surface area (Å²) in [6.45, 7) is 2.23. The number of unbranched alkanes of at least 4 members (excludes halogenated alkanes) is 9. The summed E-state index contributed by atoms with van der Waals surface area (Å²) in [5.74, 6) is 0.633. The summed E-state index contributed by atoms with van der Waals surface area (Å²) in [6.07, 6.45) is 13.0. The van der Waals surface area contributed by atoms with Gasteiger partial charge in [-0.05, 0) is 42.7 Å². The van der Waals surface area contributed by atoms with Gasteiger partial charge in [-0.2, -0.15) is 8.42 Å². The number of hydrogen-bond donors (Lipinski definition) is 1. The fourth-order valence-electron chi connectivity index (χ4n) is 3.44. The van der Waals surface area contributed by atoms with E-state index in [-0.39, 0.29) is 62.0 Å². The summed E-state index contributed by atoms with van der Waals surface area (Å²) < 4.78 is 38.4. The molecule has 2 rings (SSSR count). The van der Waals surface area contributed by atoms with Crippen molar-refractivity contribution in [2.24, 2.45) is 0 Å². The molecule has 0 saturated carbocycles. The van der Waals surface area contributed by atoms with Gasteiger partial charge in [0.1, 0.15) is 11.5 Å². The van der Waals surface area contributed by atoms with E-state index in [0.29, 0.717) is 11.5 Å². The first kappa shape index (κ1) is 28.6. The summed E-state index contributed by atoms with van der Waals surface area (Å²) in [7, 11) is -4.33. The summed E-state index contributed by atoms with van der Waals surface area (Å²) in [5, 5.41) is 11.2. The molecule has 7 heteroatoms. The number of aryl methyl sites for hydroxylation is 1. The minimum Gasteiger partial charge on any atom is -0.872 e. The normalized spacial score (nSPS) is 11.2. The van der Waals surface area contributed by atoms with Gasteiger partial charge in [0.05, 0.1) is 4.90 Å². The monoisotopic (exact) mass is 472 g/mol. The molecule has 5 nitrogen and oxygen atoms in total. The fourth-order valence-corrected chi connectivity index (χ4v) is 4.01. The molecule has 166 valence electrons. The van der Waals surface area contributed by atoms with Crippen LogP contribution in [-0.4, -0.2) is 13.0 Å². The maximum Gasteiger partial charge on any atom is 1.00 e. The van der Waals surface area contributed by atoms with Gasteiger partial charge in [-0.3, -0.25) is 4.55 Å². The van der Waals surface area contributed by atoms with E-state index in [9.17, 15) is 18.1 Å². The van der Waals surface area contributed by atoms with E-state index in [0.717, 1.165) is 24.8 Å². The number of ether oxygens (including phenoxy) is 1. The second-order valence-corrected chi connectivity index (χ2v) is 9.21. The van der Waals surface area contributed by atoms with Crippen LogP contribution >= 0.6 is 0 Å². The maximum atomic E-state index is 11.6. The van der Waals surface area contributed by atoms with Gasteiger partial charge in [0.15, 0.2) is 0 Å². The van der Waals surface area contributed by atoms with Crippen molar-refractivity contribution >= 4 is 10.1 Å². The maximum absolute atomic E-state index is 11.6. The van der Waals surface area contributed by atoms with Crippen LogP contribution in [0.25, 0.3) is 0 Å². The van der Waals surface area contributed by atoms with Gasteiger partial charge in [0.2, 0.25) is 0 Å². The van der Waals surface area contributed by atoms with Crippen molar-refractivity contribution in [1.29, 1.82) is 0 Å². The fraction of sp³-hybridized carbons (Fsp3) is 0.500. The minimum atomic E-state index is -4.33. The molecule has 0 aliphatic rings. The van der Waals surface area contributed by atoms with Gasteiger partial charge in [-0.15, -0.1) is 5.75 Å². The molecule has 0 aromatic heterocycles. The Bertz CT molecular complexity index is 866. The Kier molecular flexibility index (Phi) is 14.2. The Morgan fingerprint density at radius 2 is 1.35 bits per heavy atom. The van der Waals surface area contributed by atoms with Gasteiger partial charge in [-0.25, -0.2) is 0 Å². The smallest absolute Gasteiger partial charge is 0.872 e. The number of benzene rings is 2. The Labute approximate surface area is 229 Å². The van der Waals surface area contributed by atoms with Crippen molar-refractivity contribution < 1.29 is 74.2 Å². The molecule has 0 atom stereocenters. The van der Waals surface area contributed by atoms with E-state index < -0.39 is 10.1 Å². The van der Waals surface area contributed by atoms with Crippen molar-refractivity contribution in [2.75, 3.05) is 0 Å². The van der Waals surface area contributed by atoms with E-state index in [4.69, 9.17) is 4.74 Å². The van der Waals surface area contributed by atoms with E-state index in [1.807, 2.05) is 0 Å². The molecule has 2 aromatic carbocycles. The van der Waals surface area contributed by atoms with Crippen LogP contribution in [-0.2, 0) is 16.5 Å². The van der Waals surface area contributed by atoms with Crippen LogP contribution in [0.15, 0.2) is 47.4 Å². The van der Waals surface area contributed by atoms with Crippen LogP contribution in [0, 0.1) is 0 Å². The molecule has 0 aliphatic heterocycles. The van der Waals surface area contributed by atoms with Gasteiger partial charge in [0.25, 0.3) is 10.1 Å². The van der Waals surface area contributed by atoms with E-state index in [1.165, 1.54) is 87.8 Å². The third-order valence-corrected chi connectivity index (χ3v) is 5.95. The molecule has 0 heterocycles. The van der Waals surface area contributed by atoms with Crippen LogP contribution < -0.4 is 61.2 Å². The predicted molar refractivity (Wildman–Crippen MR) is 118 cm³/mol. The first-order chi connectivity index (χ1) is 14.4. The molecule has 0 aliphatic carbocycles. The van der Waals surface area contributed by atoms with Crippen LogP contribution in [0.3, 0.4) is 0 Å². The van der Waals surface area contributed by atoms with E-state index in [2.05, 4.69) is 6.92 Å². The molecule has 1 N–H and O–H groups in total. The first-order valence-corrected chi connectivity index (χ1v) is 12.4. The average Bonchev–Trinajstić information content (AvgIpc) is 2.70. The van der Waals surface area contributed by atoms with Crippen molar-refractivity contribution in [3.8, 4) is 17.2 Å². The Hall–Kier alpha value is -0.414. The average molecular weight is 473 g/mol. The summed E-state index contributed by atoms with van der Waals surface area (Å²) in [6, 6.07) is 10.4. The van der Waals surface area contributed by atoms with E-state index in [1.54, 1.807) is 6.07 Å². The van der Waals surface area contributed by atoms with Gasteiger partial charge in [0, 0.05) is 6.07 Å². The number of rotatable bonds is 14. The second kappa shape index (κ2) is 15.4. The first-order valence-electron chi connectivity index (χ1n) is 10.9. The summed E-state index contributed by atoms with van der Waals surface area (Å²) >= 11 is 0. The molecule has 2 aromatic rings. The molecular weight excluding hydrogens is 439 g/mol. The standard InChI is InChI=1S/C24H34O5S.K/c1-2-3-4-5-6-7-8-9-10-11-12-20-17-23(19-24(18-20)30(26,27)28)29-22-15-13-21(25)14-16-22;/h13-19,25H,2-12H2,1H3,(H,26,27,28);/q;+1/p-1. The van der Waals surface area contributed by atoms with Crippen LogP contribution in [0.1, 0.15) is 76.7 Å². The largest absolute Gasteiger partial charge is 1.00 e. The van der Waals surface area contributed by atoms with Gasteiger partial charge >= 0.3 is 51.4 Å². The van der Waals surface area contributed by atoms with Gasteiger partial charge < -0.3 is 9.84 Å². The molecule has 0 amide bonds. The van der Waals surface area contributed by atoms with E-state index >= 15 is 0 Å². The molecule has 0 spiro atoms. The summed E-state index contributed by atoms with van der Waals surface area (Å²) in [5.41, 5.74) is 0.806. The predicted octanol–water partition coefficient (Wildman–Crippen LogP) is 3.27. The van der Waals surface area contributed by atoms with Gasteiger partial charge in [-0.1, -0.05) is 76.8 Å². The topological polar surface area (TPSA) is 86.7 Å². The minimum absolute atomic E-state index is 0. The van der Waals surface area contributed by atoms with Crippen LogP contribution in [0.4, 0.5) is 0 Å². The van der Waals surface area contributed by atoms with Crippen molar-refractivity contribution in [3.05, 3.63) is 48.0 Å². The molecule has 0 radical (unpaired) electrons. The van der Waals surface area contributed by atoms with Crippen molar-refractivity contribution in [1.82, 2.24) is 0 Å². The van der Waals surface area contributed by atoms with Crippen molar-refractivity contribution in [2.45, 2.75) is 82.4 Å². The molecule has 0 bridgehead atoms. The zero-order chi connectivity index (χ0) is 21.8. The Morgan fingerprint density at radius 3 is 1.90 bits per heavy atom. The molecule has 0 unspecified atom stereocenters. The zero-order valence-electron chi connectivity index (χ0n) is 18.8. The third kappa shape index (κ3) is 11.9.